The SMILES string of the molecule is O=C(CN1CCc2sccc2[C@@H]1c1cccs1)NC(=O)Nc1ccc2c(c1)OCCO2. The van der Waals surface area contributed by atoms with Gasteiger partial charge in [-0.05, 0) is 47.0 Å². The van der Waals surface area contributed by atoms with Crippen molar-refractivity contribution in [3.05, 3.63) is 62.5 Å². The summed E-state index contributed by atoms with van der Waals surface area (Å²) in [4.78, 5) is 29.7. The van der Waals surface area contributed by atoms with E-state index in [9.17, 15) is 9.59 Å². The summed E-state index contributed by atoms with van der Waals surface area (Å²) in [6, 6.07) is 10.9. The van der Waals surface area contributed by atoms with E-state index < -0.39 is 6.03 Å². The van der Waals surface area contributed by atoms with E-state index in [2.05, 4.69) is 38.4 Å². The minimum Gasteiger partial charge on any atom is -0.486 e. The Kier molecular flexibility index (Phi) is 5.63. The monoisotopic (exact) mass is 455 g/mol. The maximum Gasteiger partial charge on any atom is 0.325 e. The number of benzene rings is 1. The third-order valence-corrected chi connectivity index (χ3v) is 7.20. The molecule has 0 saturated heterocycles. The standard InChI is InChI=1S/C22H21N3O4S2/c26-20(24-22(27)23-14-3-4-16-17(12-14)29-9-8-28-16)13-25-7-5-18-15(6-11-31-18)21(25)19-2-1-10-30-19/h1-4,6,10-12,21H,5,7-9,13H2,(H2,23,24,26,27)/t21-/m1/s1. The third-order valence-electron chi connectivity index (χ3n) is 5.28. The first kappa shape index (κ1) is 20.0. The van der Waals surface area contributed by atoms with Crippen LogP contribution in [0.1, 0.15) is 21.4 Å². The Balaban J connectivity index is 1.23. The van der Waals surface area contributed by atoms with Crippen LogP contribution >= 0.6 is 22.7 Å². The number of anilines is 1. The van der Waals surface area contributed by atoms with Gasteiger partial charge in [-0.2, -0.15) is 0 Å². The highest BCUT2D eigenvalue weighted by Crippen LogP contribution is 2.39. The number of ether oxygens (including phenoxy) is 2. The Morgan fingerprint density at radius 1 is 1.06 bits per heavy atom. The highest BCUT2D eigenvalue weighted by atomic mass is 32.1. The van der Waals surface area contributed by atoms with Crippen molar-refractivity contribution in [3.63, 3.8) is 0 Å². The Morgan fingerprint density at radius 3 is 2.77 bits per heavy atom. The van der Waals surface area contributed by atoms with Crippen LogP contribution in [0, 0.1) is 0 Å². The molecule has 0 unspecified atom stereocenters. The number of nitrogens with zero attached hydrogens (tertiary/aromatic N) is 1. The maximum absolute atomic E-state index is 12.7. The van der Waals surface area contributed by atoms with Gasteiger partial charge in [-0.3, -0.25) is 15.0 Å². The predicted molar refractivity (Wildman–Crippen MR) is 120 cm³/mol. The van der Waals surface area contributed by atoms with Crippen LogP contribution in [0.3, 0.4) is 0 Å². The van der Waals surface area contributed by atoms with Crippen LogP contribution in [0.15, 0.2) is 47.2 Å². The van der Waals surface area contributed by atoms with Gasteiger partial charge < -0.3 is 14.8 Å². The van der Waals surface area contributed by atoms with Crippen molar-refractivity contribution in [2.24, 2.45) is 0 Å². The topological polar surface area (TPSA) is 79.9 Å². The lowest BCUT2D eigenvalue weighted by Crippen LogP contribution is -2.45. The predicted octanol–water partition coefficient (Wildman–Crippen LogP) is 3.88. The quantitative estimate of drug-likeness (QED) is 0.624. The Morgan fingerprint density at radius 2 is 1.94 bits per heavy atom. The first-order chi connectivity index (χ1) is 15.2. The number of hydrogen-bond donors (Lipinski definition) is 2. The summed E-state index contributed by atoms with van der Waals surface area (Å²) in [6.45, 7) is 1.89. The average Bonchev–Trinajstić information content (AvgIpc) is 3.45. The van der Waals surface area contributed by atoms with Crippen molar-refractivity contribution in [2.45, 2.75) is 12.5 Å². The van der Waals surface area contributed by atoms with Gasteiger partial charge in [-0.1, -0.05) is 6.07 Å². The highest BCUT2D eigenvalue weighted by molar-refractivity contribution is 7.10. The molecule has 0 aliphatic carbocycles. The van der Waals surface area contributed by atoms with Gasteiger partial charge in [0.05, 0.1) is 12.6 Å². The number of rotatable bonds is 4. The largest absolute Gasteiger partial charge is 0.486 e. The second-order valence-corrected chi connectivity index (χ2v) is 9.28. The zero-order chi connectivity index (χ0) is 21.2. The van der Waals surface area contributed by atoms with Crippen molar-refractivity contribution >= 4 is 40.3 Å². The number of thiophene rings is 2. The van der Waals surface area contributed by atoms with Gasteiger partial charge in [0.15, 0.2) is 11.5 Å². The van der Waals surface area contributed by atoms with Crippen molar-refractivity contribution in [3.8, 4) is 11.5 Å². The van der Waals surface area contributed by atoms with Crippen LogP contribution in [-0.4, -0.2) is 43.1 Å². The summed E-state index contributed by atoms with van der Waals surface area (Å²) in [5.41, 5.74) is 1.79. The Bertz CT molecular complexity index is 1100. The molecule has 0 saturated carbocycles. The molecule has 0 fully saturated rings. The van der Waals surface area contributed by atoms with Crippen LogP contribution in [-0.2, 0) is 11.2 Å². The normalized spacial score (nSPS) is 17.6. The van der Waals surface area contributed by atoms with Crippen molar-refractivity contribution in [1.82, 2.24) is 10.2 Å². The van der Waals surface area contributed by atoms with Gasteiger partial charge in [-0.25, -0.2) is 4.79 Å². The molecule has 0 bridgehead atoms. The van der Waals surface area contributed by atoms with E-state index in [0.29, 0.717) is 30.4 Å². The number of carbonyl (C=O) groups excluding carboxylic acids is 2. The summed E-state index contributed by atoms with van der Waals surface area (Å²) in [5.74, 6) is 0.884. The van der Waals surface area contributed by atoms with Crippen molar-refractivity contribution < 1.29 is 19.1 Å². The number of fused-ring (bicyclic) bond motifs is 2. The van der Waals surface area contributed by atoms with Gasteiger partial charge in [0.1, 0.15) is 13.2 Å². The lowest BCUT2D eigenvalue weighted by molar-refractivity contribution is -0.121. The van der Waals surface area contributed by atoms with Gasteiger partial charge in [0.25, 0.3) is 0 Å². The second-order valence-electron chi connectivity index (χ2n) is 7.30. The van der Waals surface area contributed by atoms with E-state index in [1.807, 2.05) is 6.07 Å². The van der Waals surface area contributed by atoms with Gasteiger partial charge in [0, 0.05) is 28.1 Å². The molecule has 2 aliphatic heterocycles. The fourth-order valence-corrected chi connectivity index (χ4v) is 5.73. The summed E-state index contributed by atoms with van der Waals surface area (Å²) in [6.07, 6.45) is 0.908. The highest BCUT2D eigenvalue weighted by Gasteiger charge is 2.31. The number of urea groups is 1. The van der Waals surface area contributed by atoms with Gasteiger partial charge in [-0.15, -0.1) is 22.7 Å². The molecule has 2 aliphatic rings. The molecule has 2 N–H and O–H groups in total. The smallest absolute Gasteiger partial charge is 0.325 e. The van der Waals surface area contributed by atoms with Crippen LogP contribution < -0.4 is 20.1 Å². The summed E-state index contributed by atoms with van der Waals surface area (Å²) in [5, 5.41) is 9.29. The molecule has 2 aromatic heterocycles. The van der Waals surface area contributed by atoms with Crippen molar-refractivity contribution in [1.29, 1.82) is 0 Å². The number of hydrogen-bond acceptors (Lipinski definition) is 7. The van der Waals surface area contributed by atoms with Gasteiger partial charge in [0.2, 0.25) is 5.91 Å². The number of imide groups is 1. The molecule has 4 heterocycles. The van der Waals surface area contributed by atoms with E-state index in [1.165, 1.54) is 15.3 Å². The molecule has 160 valence electrons. The maximum atomic E-state index is 12.7. The second kappa shape index (κ2) is 8.70. The summed E-state index contributed by atoms with van der Waals surface area (Å²) >= 11 is 3.45. The minimum absolute atomic E-state index is 0.0432. The lowest BCUT2D eigenvalue weighted by atomic mass is 9.98. The number of nitrogens with one attached hydrogen (secondary N) is 2. The van der Waals surface area contributed by atoms with E-state index in [4.69, 9.17) is 9.47 Å². The first-order valence-corrected chi connectivity index (χ1v) is 11.8. The first-order valence-electron chi connectivity index (χ1n) is 10.0. The number of carbonyl (C=O) groups is 2. The minimum atomic E-state index is -0.567. The molecule has 31 heavy (non-hydrogen) atoms. The molecule has 0 spiro atoms. The Labute approximate surface area is 187 Å². The van der Waals surface area contributed by atoms with Crippen LogP contribution in [0.25, 0.3) is 0 Å². The van der Waals surface area contributed by atoms with Crippen LogP contribution in [0.5, 0.6) is 11.5 Å². The average molecular weight is 456 g/mol. The molecule has 1 atom stereocenters. The fraction of sp³-hybridized carbons (Fsp3) is 0.273. The zero-order valence-corrected chi connectivity index (χ0v) is 18.3. The van der Waals surface area contributed by atoms with Crippen molar-refractivity contribution in [2.75, 3.05) is 31.6 Å². The molecule has 3 amide bonds. The molecule has 5 rings (SSSR count). The number of amides is 3. The Hall–Kier alpha value is -2.88. The molecule has 0 radical (unpaired) electrons. The van der Waals surface area contributed by atoms with Crippen LogP contribution in [0.2, 0.25) is 0 Å². The summed E-state index contributed by atoms with van der Waals surface area (Å²) < 4.78 is 11.0. The molecule has 7 nitrogen and oxygen atoms in total. The molecule has 3 aromatic rings. The third kappa shape index (κ3) is 4.30. The van der Waals surface area contributed by atoms with Gasteiger partial charge >= 0.3 is 6.03 Å². The van der Waals surface area contributed by atoms with E-state index in [0.717, 1.165) is 13.0 Å². The van der Waals surface area contributed by atoms with Crippen LogP contribution in [0.4, 0.5) is 10.5 Å². The summed E-state index contributed by atoms with van der Waals surface area (Å²) in [7, 11) is 0. The lowest BCUT2D eigenvalue weighted by Gasteiger charge is -2.34. The fourth-order valence-electron chi connectivity index (χ4n) is 3.95. The van der Waals surface area contributed by atoms with E-state index >= 15 is 0 Å². The molecular formula is C22H21N3O4S2. The molecular weight excluding hydrogens is 434 g/mol. The van der Waals surface area contributed by atoms with E-state index in [-0.39, 0.29) is 18.5 Å². The zero-order valence-electron chi connectivity index (χ0n) is 16.6. The van der Waals surface area contributed by atoms with E-state index in [1.54, 1.807) is 40.9 Å². The molecule has 1 aromatic carbocycles. The molecule has 9 heteroatoms.